The first-order valence-corrected chi connectivity index (χ1v) is 7.22. The fourth-order valence-electron chi connectivity index (χ4n) is 2.11. The van der Waals surface area contributed by atoms with Crippen LogP contribution in [0.25, 0.3) is 0 Å². The first-order valence-electron chi connectivity index (χ1n) is 7.22. The zero-order valence-electron chi connectivity index (χ0n) is 12.9. The predicted octanol–water partition coefficient (Wildman–Crippen LogP) is 1.66. The van der Waals surface area contributed by atoms with Gasteiger partial charge in [0.2, 0.25) is 0 Å². The van der Waals surface area contributed by atoms with Gasteiger partial charge in [-0.3, -0.25) is 4.79 Å². The summed E-state index contributed by atoms with van der Waals surface area (Å²) in [7, 11) is 0. The Morgan fingerprint density at radius 1 is 1.40 bits per heavy atom. The Kier molecular flexibility index (Phi) is 6.64. The molecule has 1 rings (SSSR count). The molecule has 6 nitrogen and oxygen atoms in total. The van der Waals surface area contributed by atoms with Gasteiger partial charge in [-0.1, -0.05) is 13.8 Å². The molecule has 1 heterocycles. The summed E-state index contributed by atoms with van der Waals surface area (Å²) in [4.78, 5) is 13.4. The summed E-state index contributed by atoms with van der Waals surface area (Å²) >= 11 is 0. The van der Waals surface area contributed by atoms with E-state index in [4.69, 9.17) is 10.5 Å². The number of carbonyl (C=O) groups is 1. The first kappa shape index (κ1) is 16.6. The number of nitrogens with two attached hydrogens (primary N) is 1. The molecule has 1 aromatic heterocycles. The third-order valence-corrected chi connectivity index (χ3v) is 3.17. The zero-order chi connectivity index (χ0) is 15.1. The third-order valence-electron chi connectivity index (χ3n) is 3.17. The molecule has 0 amide bonds. The van der Waals surface area contributed by atoms with E-state index in [1.54, 1.807) is 4.80 Å². The Morgan fingerprint density at radius 3 is 2.60 bits per heavy atom. The Bertz CT molecular complexity index is 429. The molecule has 0 aromatic carbocycles. The smallest absolute Gasteiger partial charge is 0.306 e. The molecule has 0 aliphatic heterocycles. The van der Waals surface area contributed by atoms with E-state index >= 15 is 0 Å². The number of carbonyl (C=O) groups excluding carboxylic acids is 1. The number of aryl methyl sites for hydroxylation is 2. The van der Waals surface area contributed by atoms with Crippen LogP contribution in [0.1, 0.15) is 45.0 Å². The van der Waals surface area contributed by atoms with E-state index in [1.807, 2.05) is 13.8 Å². The lowest BCUT2D eigenvalue weighted by Gasteiger charge is -2.15. The van der Waals surface area contributed by atoms with Crippen LogP contribution in [0.15, 0.2) is 0 Å². The average Bonchev–Trinajstić information content (AvgIpc) is 2.75. The normalized spacial score (nSPS) is 12.7. The lowest BCUT2D eigenvalue weighted by atomic mass is 9.94. The monoisotopic (exact) mass is 282 g/mol. The Balaban J connectivity index is 2.44. The van der Waals surface area contributed by atoms with Crippen molar-refractivity contribution in [3.05, 3.63) is 11.4 Å². The molecule has 0 radical (unpaired) electrons. The second-order valence-corrected chi connectivity index (χ2v) is 5.52. The molecule has 0 unspecified atom stereocenters. The van der Waals surface area contributed by atoms with Crippen LogP contribution in [0.2, 0.25) is 0 Å². The lowest BCUT2D eigenvalue weighted by molar-refractivity contribution is -0.146. The number of rotatable bonds is 8. The molecule has 0 saturated carbocycles. The zero-order valence-corrected chi connectivity index (χ0v) is 12.9. The number of nitrogens with zero attached hydrogens (tertiary/aromatic N) is 3. The van der Waals surface area contributed by atoms with Crippen molar-refractivity contribution in [1.82, 2.24) is 15.0 Å². The number of hydrogen-bond donors (Lipinski definition) is 1. The second kappa shape index (κ2) is 7.99. The van der Waals surface area contributed by atoms with Gasteiger partial charge in [-0.25, -0.2) is 0 Å². The van der Waals surface area contributed by atoms with E-state index in [9.17, 15) is 4.79 Å². The van der Waals surface area contributed by atoms with Crippen LogP contribution in [0.4, 0.5) is 0 Å². The van der Waals surface area contributed by atoms with Crippen molar-refractivity contribution in [3.8, 4) is 0 Å². The van der Waals surface area contributed by atoms with Crippen LogP contribution < -0.4 is 5.73 Å². The van der Waals surface area contributed by atoms with Gasteiger partial charge in [0, 0.05) is 6.42 Å². The molecular weight excluding hydrogens is 256 g/mol. The molecule has 114 valence electrons. The molecular formula is C14H26N4O2. The minimum absolute atomic E-state index is 0.184. The molecule has 2 N–H and O–H groups in total. The highest BCUT2D eigenvalue weighted by atomic mass is 16.5. The van der Waals surface area contributed by atoms with Crippen LogP contribution in [-0.4, -0.2) is 27.5 Å². The Hall–Kier alpha value is -1.43. The summed E-state index contributed by atoms with van der Waals surface area (Å²) in [6.45, 7) is 9.48. The van der Waals surface area contributed by atoms with Crippen molar-refractivity contribution < 1.29 is 9.53 Å². The van der Waals surface area contributed by atoms with Gasteiger partial charge in [0.15, 0.2) is 0 Å². The van der Waals surface area contributed by atoms with E-state index in [0.717, 1.165) is 12.1 Å². The molecule has 0 aliphatic rings. The summed E-state index contributed by atoms with van der Waals surface area (Å²) in [5, 5.41) is 8.47. The van der Waals surface area contributed by atoms with Crippen molar-refractivity contribution in [3.63, 3.8) is 0 Å². The van der Waals surface area contributed by atoms with E-state index in [-0.39, 0.29) is 18.5 Å². The molecule has 0 saturated heterocycles. The Labute approximate surface area is 120 Å². The number of ether oxygens (including phenoxy) is 1. The predicted molar refractivity (Wildman–Crippen MR) is 76.8 cm³/mol. The molecule has 0 aliphatic carbocycles. The summed E-state index contributed by atoms with van der Waals surface area (Å²) in [5.41, 5.74) is 7.21. The van der Waals surface area contributed by atoms with Crippen molar-refractivity contribution in [2.75, 3.05) is 6.54 Å². The van der Waals surface area contributed by atoms with Gasteiger partial charge < -0.3 is 10.5 Å². The van der Waals surface area contributed by atoms with Crippen LogP contribution >= 0.6 is 0 Å². The topological polar surface area (TPSA) is 83.0 Å². The molecule has 0 bridgehead atoms. The maximum absolute atomic E-state index is 11.8. The maximum Gasteiger partial charge on any atom is 0.306 e. The molecule has 1 atom stereocenters. The summed E-state index contributed by atoms with van der Waals surface area (Å²) in [5.74, 6) is 0.504. The van der Waals surface area contributed by atoms with E-state index in [1.165, 1.54) is 0 Å². The third kappa shape index (κ3) is 5.28. The quantitative estimate of drug-likeness (QED) is 0.733. The molecule has 6 heteroatoms. The van der Waals surface area contributed by atoms with Crippen LogP contribution in [0.3, 0.4) is 0 Å². The number of aromatic nitrogens is 3. The van der Waals surface area contributed by atoms with E-state index in [2.05, 4.69) is 24.0 Å². The standard InChI is InChI=1S/C14H26N4O2/c1-5-18-16-11(4)13(17-18)9-20-14(19)7-12(8-15)6-10(2)3/h10,12H,5-9,15H2,1-4H3/t12-/m0/s1. The fourth-order valence-corrected chi connectivity index (χ4v) is 2.11. The lowest BCUT2D eigenvalue weighted by Crippen LogP contribution is -2.21. The fraction of sp³-hybridized carbons (Fsp3) is 0.786. The van der Waals surface area contributed by atoms with Crippen molar-refractivity contribution in [2.24, 2.45) is 17.6 Å². The first-order chi connectivity index (χ1) is 9.46. The van der Waals surface area contributed by atoms with E-state index < -0.39 is 0 Å². The Morgan fingerprint density at radius 2 is 2.10 bits per heavy atom. The average molecular weight is 282 g/mol. The molecule has 20 heavy (non-hydrogen) atoms. The summed E-state index contributed by atoms with van der Waals surface area (Å²) in [6, 6.07) is 0. The minimum Gasteiger partial charge on any atom is -0.459 e. The van der Waals surface area contributed by atoms with Crippen molar-refractivity contribution >= 4 is 5.97 Å². The van der Waals surface area contributed by atoms with Gasteiger partial charge >= 0.3 is 5.97 Å². The second-order valence-electron chi connectivity index (χ2n) is 5.52. The molecule has 0 fully saturated rings. The highest BCUT2D eigenvalue weighted by Gasteiger charge is 2.16. The van der Waals surface area contributed by atoms with Gasteiger partial charge in [-0.05, 0) is 38.6 Å². The highest BCUT2D eigenvalue weighted by molar-refractivity contribution is 5.69. The molecule has 1 aromatic rings. The summed E-state index contributed by atoms with van der Waals surface area (Å²) in [6.07, 6.45) is 1.31. The van der Waals surface area contributed by atoms with Gasteiger partial charge in [-0.15, -0.1) is 0 Å². The number of hydrogen-bond acceptors (Lipinski definition) is 5. The van der Waals surface area contributed by atoms with Gasteiger partial charge in [0.25, 0.3) is 0 Å². The summed E-state index contributed by atoms with van der Waals surface area (Å²) < 4.78 is 5.27. The van der Waals surface area contributed by atoms with Gasteiger partial charge in [-0.2, -0.15) is 15.0 Å². The van der Waals surface area contributed by atoms with Crippen LogP contribution in [0, 0.1) is 18.8 Å². The van der Waals surface area contributed by atoms with Crippen molar-refractivity contribution in [1.29, 1.82) is 0 Å². The molecule has 0 spiro atoms. The van der Waals surface area contributed by atoms with Crippen LogP contribution in [-0.2, 0) is 22.7 Å². The van der Waals surface area contributed by atoms with Gasteiger partial charge in [0.05, 0.1) is 12.2 Å². The van der Waals surface area contributed by atoms with Crippen LogP contribution in [0.5, 0.6) is 0 Å². The SMILES string of the molecule is CCn1nc(C)c(COC(=O)C[C@@H](CN)CC(C)C)n1. The van der Waals surface area contributed by atoms with Crippen molar-refractivity contribution in [2.45, 2.75) is 53.7 Å². The van der Waals surface area contributed by atoms with Gasteiger partial charge in [0.1, 0.15) is 12.3 Å². The van der Waals surface area contributed by atoms with E-state index in [0.29, 0.717) is 31.1 Å². The maximum atomic E-state index is 11.8. The largest absolute Gasteiger partial charge is 0.459 e. The number of esters is 1. The minimum atomic E-state index is -0.216. The highest BCUT2D eigenvalue weighted by Crippen LogP contribution is 2.15.